The van der Waals surface area contributed by atoms with Gasteiger partial charge in [0.2, 0.25) is 5.91 Å². The Balaban J connectivity index is 3.40. The van der Waals surface area contributed by atoms with Crippen molar-refractivity contribution in [2.45, 2.75) is 27.2 Å². The number of hydrogen-bond acceptors (Lipinski definition) is 3. The van der Waals surface area contributed by atoms with Crippen molar-refractivity contribution in [3.05, 3.63) is 0 Å². The Bertz CT molecular complexity index is 158. The van der Waals surface area contributed by atoms with Gasteiger partial charge < -0.3 is 10.6 Å². The SMILES string of the molecule is CCCNCCNC(=O)CN(CC)CC. The predicted molar refractivity (Wildman–Crippen MR) is 64.0 cm³/mol. The van der Waals surface area contributed by atoms with Crippen LogP contribution in [0.5, 0.6) is 0 Å². The van der Waals surface area contributed by atoms with Gasteiger partial charge in [0.05, 0.1) is 6.54 Å². The Morgan fingerprint density at radius 1 is 1.07 bits per heavy atom. The molecule has 0 rings (SSSR count). The Labute approximate surface area is 93.4 Å². The first-order valence-corrected chi connectivity index (χ1v) is 5.94. The molecule has 2 N–H and O–H groups in total. The highest BCUT2D eigenvalue weighted by molar-refractivity contribution is 5.77. The molecule has 0 radical (unpaired) electrons. The fraction of sp³-hybridized carbons (Fsp3) is 0.909. The number of amides is 1. The van der Waals surface area contributed by atoms with Crippen LogP contribution < -0.4 is 10.6 Å². The lowest BCUT2D eigenvalue weighted by Gasteiger charge is -2.17. The lowest BCUT2D eigenvalue weighted by Crippen LogP contribution is -2.39. The summed E-state index contributed by atoms with van der Waals surface area (Å²) in [6.45, 7) is 11.2. The molecule has 0 aromatic heterocycles. The zero-order valence-corrected chi connectivity index (χ0v) is 10.3. The first-order chi connectivity index (χ1) is 7.24. The number of rotatable bonds is 9. The van der Waals surface area contributed by atoms with Crippen molar-refractivity contribution in [2.24, 2.45) is 0 Å². The molecule has 0 aliphatic heterocycles. The van der Waals surface area contributed by atoms with Crippen molar-refractivity contribution in [1.29, 1.82) is 0 Å². The van der Waals surface area contributed by atoms with Crippen LogP contribution in [0.1, 0.15) is 27.2 Å². The largest absolute Gasteiger partial charge is 0.354 e. The van der Waals surface area contributed by atoms with E-state index < -0.39 is 0 Å². The van der Waals surface area contributed by atoms with Crippen LogP contribution in [0, 0.1) is 0 Å². The topological polar surface area (TPSA) is 44.4 Å². The van der Waals surface area contributed by atoms with Gasteiger partial charge in [0.25, 0.3) is 0 Å². The maximum atomic E-state index is 11.4. The molecule has 0 fully saturated rings. The second-order valence-corrected chi connectivity index (χ2v) is 3.56. The van der Waals surface area contributed by atoms with Gasteiger partial charge in [0.1, 0.15) is 0 Å². The van der Waals surface area contributed by atoms with E-state index in [2.05, 4.69) is 36.3 Å². The zero-order chi connectivity index (χ0) is 11.5. The van der Waals surface area contributed by atoms with Crippen LogP contribution >= 0.6 is 0 Å². The smallest absolute Gasteiger partial charge is 0.234 e. The van der Waals surface area contributed by atoms with Gasteiger partial charge in [-0.3, -0.25) is 9.69 Å². The summed E-state index contributed by atoms with van der Waals surface area (Å²) in [6.07, 6.45) is 1.13. The zero-order valence-electron chi connectivity index (χ0n) is 10.3. The highest BCUT2D eigenvalue weighted by Gasteiger charge is 2.05. The second kappa shape index (κ2) is 9.93. The third-order valence-corrected chi connectivity index (χ3v) is 2.31. The summed E-state index contributed by atoms with van der Waals surface area (Å²) < 4.78 is 0. The first kappa shape index (κ1) is 14.4. The van der Waals surface area contributed by atoms with Crippen LogP contribution in [0.15, 0.2) is 0 Å². The maximum Gasteiger partial charge on any atom is 0.234 e. The van der Waals surface area contributed by atoms with Crippen molar-refractivity contribution in [2.75, 3.05) is 39.3 Å². The molecular weight excluding hydrogens is 190 g/mol. The highest BCUT2D eigenvalue weighted by atomic mass is 16.2. The van der Waals surface area contributed by atoms with Gasteiger partial charge >= 0.3 is 0 Å². The highest BCUT2D eigenvalue weighted by Crippen LogP contribution is 1.85. The molecule has 0 saturated carbocycles. The molecule has 0 saturated heterocycles. The van der Waals surface area contributed by atoms with Gasteiger partial charge in [-0.1, -0.05) is 20.8 Å². The van der Waals surface area contributed by atoms with E-state index in [9.17, 15) is 4.79 Å². The minimum Gasteiger partial charge on any atom is -0.354 e. The van der Waals surface area contributed by atoms with Crippen LogP contribution in [0.3, 0.4) is 0 Å². The second-order valence-electron chi connectivity index (χ2n) is 3.56. The molecule has 4 nitrogen and oxygen atoms in total. The molecule has 0 heterocycles. The summed E-state index contributed by atoms with van der Waals surface area (Å²) in [6, 6.07) is 0. The van der Waals surface area contributed by atoms with Crippen LogP contribution in [-0.4, -0.2) is 50.1 Å². The number of likely N-dealkylation sites (N-methyl/N-ethyl adjacent to an activating group) is 1. The summed E-state index contributed by atoms with van der Waals surface area (Å²) in [5, 5.41) is 6.14. The fourth-order valence-corrected chi connectivity index (χ4v) is 1.30. The van der Waals surface area contributed by atoms with E-state index in [4.69, 9.17) is 0 Å². The molecule has 0 atom stereocenters. The van der Waals surface area contributed by atoms with Crippen molar-refractivity contribution >= 4 is 5.91 Å². The Morgan fingerprint density at radius 3 is 2.27 bits per heavy atom. The van der Waals surface area contributed by atoms with Gasteiger partial charge in [0, 0.05) is 13.1 Å². The standard InChI is InChI=1S/C11H25N3O/c1-4-7-12-8-9-13-11(15)10-14(5-2)6-3/h12H,4-10H2,1-3H3,(H,13,15). The molecule has 15 heavy (non-hydrogen) atoms. The van der Waals surface area contributed by atoms with Crippen LogP contribution in [0.25, 0.3) is 0 Å². The van der Waals surface area contributed by atoms with Gasteiger partial charge in [-0.25, -0.2) is 0 Å². The van der Waals surface area contributed by atoms with Crippen molar-refractivity contribution in [3.8, 4) is 0 Å². The lowest BCUT2D eigenvalue weighted by atomic mass is 10.4. The van der Waals surface area contributed by atoms with Crippen molar-refractivity contribution < 1.29 is 4.79 Å². The molecule has 0 unspecified atom stereocenters. The van der Waals surface area contributed by atoms with Crippen LogP contribution in [0.2, 0.25) is 0 Å². The van der Waals surface area contributed by atoms with Crippen LogP contribution in [-0.2, 0) is 4.79 Å². The molecule has 0 aromatic rings. The van der Waals surface area contributed by atoms with Gasteiger partial charge in [-0.15, -0.1) is 0 Å². The molecule has 0 spiro atoms. The average molecular weight is 215 g/mol. The van der Waals surface area contributed by atoms with E-state index in [-0.39, 0.29) is 5.91 Å². The van der Waals surface area contributed by atoms with Crippen molar-refractivity contribution in [3.63, 3.8) is 0 Å². The summed E-state index contributed by atoms with van der Waals surface area (Å²) >= 11 is 0. The number of nitrogens with zero attached hydrogens (tertiary/aromatic N) is 1. The summed E-state index contributed by atoms with van der Waals surface area (Å²) in [4.78, 5) is 13.5. The number of carbonyl (C=O) groups excluding carboxylic acids is 1. The summed E-state index contributed by atoms with van der Waals surface area (Å²) in [5.74, 6) is 0.122. The Hall–Kier alpha value is -0.610. The van der Waals surface area contributed by atoms with Gasteiger partial charge in [-0.05, 0) is 26.1 Å². The quantitative estimate of drug-likeness (QED) is 0.549. The fourth-order valence-electron chi connectivity index (χ4n) is 1.30. The molecule has 90 valence electrons. The number of nitrogens with one attached hydrogen (secondary N) is 2. The Kier molecular flexibility index (Phi) is 9.52. The summed E-state index contributed by atoms with van der Waals surface area (Å²) in [5.41, 5.74) is 0. The van der Waals surface area contributed by atoms with Crippen LogP contribution in [0.4, 0.5) is 0 Å². The first-order valence-electron chi connectivity index (χ1n) is 5.94. The molecule has 0 aliphatic rings. The predicted octanol–water partition coefficient (Wildman–Crippen LogP) is 0.444. The summed E-state index contributed by atoms with van der Waals surface area (Å²) in [7, 11) is 0. The van der Waals surface area contributed by atoms with E-state index in [1.165, 1.54) is 0 Å². The van der Waals surface area contributed by atoms with Gasteiger partial charge in [0.15, 0.2) is 0 Å². The number of hydrogen-bond donors (Lipinski definition) is 2. The Morgan fingerprint density at radius 2 is 1.73 bits per heavy atom. The number of carbonyl (C=O) groups is 1. The van der Waals surface area contributed by atoms with E-state index in [1.54, 1.807) is 0 Å². The normalized spacial score (nSPS) is 10.7. The molecule has 1 amide bonds. The lowest BCUT2D eigenvalue weighted by molar-refractivity contribution is -0.122. The monoisotopic (exact) mass is 215 g/mol. The average Bonchev–Trinajstić information content (AvgIpc) is 2.25. The minimum atomic E-state index is 0.122. The van der Waals surface area contributed by atoms with Crippen molar-refractivity contribution in [1.82, 2.24) is 15.5 Å². The molecular formula is C11H25N3O. The molecule has 0 aliphatic carbocycles. The van der Waals surface area contributed by atoms with E-state index in [0.29, 0.717) is 6.54 Å². The van der Waals surface area contributed by atoms with E-state index >= 15 is 0 Å². The molecule has 4 heteroatoms. The minimum absolute atomic E-state index is 0.122. The third-order valence-electron chi connectivity index (χ3n) is 2.31. The van der Waals surface area contributed by atoms with E-state index in [1.807, 2.05) is 0 Å². The van der Waals surface area contributed by atoms with E-state index in [0.717, 1.165) is 39.1 Å². The molecule has 0 bridgehead atoms. The third kappa shape index (κ3) is 8.39. The molecule has 0 aromatic carbocycles. The van der Waals surface area contributed by atoms with Gasteiger partial charge in [-0.2, -0.15) is 0 Å². The maximum absolute atomic E-state index is 11.4.